The van der Waals surface area contributed by atoms with Crippen molar-refractivity contribution < 1.29 is 40.6 Å². The number of rotatable bonds is 8. The van der Waals surface area contributed by atoms with Crippen molar-refractivity contribution in [2.45, 2.75) is 44.1 Å². The Kier molecular flexibility index (Phi) is 6.83. The molecule has 1 saturated carbocycles. The lowest BCUT2D eigenvalue weighted by atomic mass is 9.91. The van der Waals surface area contributed by atoms with Crippen LogP contribution in [0.3, 0.4) is 0 Å². The minimum absolute atomic E-state index is 0.0838. The summed E-state index contributed by atoms with van der Waals surface area (Å²) in [6.07, 6.45) is -7.98. The molecule has 2 rings (SSSR count). The van der Waals surface area contributed by atoms with Gasteiger partial charge in [0.25, 0.3) is 5.91 Å². The van der Waals surface area contributed by atoms with Gasteiger partial charge in [0.15, 0.2) is 24.7 Å². The Morgan fingerprint density at radius 2 is 1.59 bits per heavy atom. The molecule has 1 fully saturated rings. The van der Waals surface area contributed by atoms with Crippen molar-refractivity contribution in [1.29, 1.82) is 0 Å². The standard InChI is InChI=1S/C17H19F6NO3/c18-16(19,20)8-9-24(12-4-3-5-12)15(25)10-26-13-6-1-2-7-14(13)27-11-17(21,22)23/h1-2,6-7,12H,3-5,8-11H2. The van der Waals surface area contributed by atoms with Crippen molar-refractivity contribution in [3.05, 3.63) is 24.3 Å². The van der Waals surface area contributed by atoms with Gasteiger partial charge < -0.3 is 14.4 Å². The lowest BCUT2D eigenvalue weighted by molar-refractivity contribution is -0.154. The van der Waals surface area contributed by atoms with E-state index in [1.165, 1.54) is 24.3 Å². The van der Waals surface area contributed by atoms with Crippen LogP contribution in [0.5, 0.6) is 11.5 Å². The molecule has 1 aromatic rings. The van der Waals surface area contributed by atoms with Gasteiger partial charge in [-0.15, -0.1) is 0 Å². The highest BCUT2D eigenvalue weighted by Crippen LogP contribution is 2.30. The van der Waals surface area contributed by atoms with Gasteiger partial charge in [-0.25, -0.2) is 0 Å². The normalized spacial score (nSPS) is 15.2. The molecule has 152 valence electrons. The molecular weight excluding hydrogens is 380 g/mol. The van der Waals surface area contributed by atoms with E-state index in [1.54, 1.807) is 0 Å². The van der Waals surface area contributed by atoms with Crippen LogP contribution in [0.25, 0.3) is 0 Å². The molecule has 1 amide bonds. The van der Waals surface area contributed by atoms with Crippen LogP contribution in [0.15, 0.2) is 24.3 Å². The SMILES string of the molecule is O=C(COc1ccccc1OCC(F)(F)F)N(CCC(F)(F)F)C1CCC1. The molecule has 0 unspecified atom stereocenters. The van der Waals surface area contributed by atoms with E-state index < -0.39 is 44.4 Å². The second-order valence-corrected chi connectivity index (χ2v) is 6.18. The maximum absolute atomic E-state index is 12.5. The van der Waals surface area contributed by atoms with Crippen LogP contribution in [0.2, 0.25) is 0 Å². The average Bonchev–Trinajstić information content (AvgIpc) is 2.51. The number of carbonyl (C=O) groups excluding carboxylic acids is 1. The molecule has 0 aromatic heterocycles. The van der Waals surface area contributed by atoms with E-state index in [1.807, 2.05) is 0 Å². The highest BCUT2D eigenvalue weighted by atomic mass is 19.4. The summed E-state index contributed by atoms with van der Waals surface area (Å²) in [7, 11) is 0. The quantitative estimate of drug-likeness (QED) is 0.611. The first kappa shape index (κ1) is 21.2. The number of carbonyl (C=O) groups is 1. The van der Waals surface area contributed by atoms with Gasteiger partial charge in [0, 0.05) is 12.6 Å². The fourth-order valence-corrected chi connectivity index (χ4v) is 2.53. The van der Waals surface area contributed by atoms with E-state index in [9.17, 15) is 31.1 Å². The average molecular weight is 399 g/mol. The third-order valence-corrected chi connectivity index (χ3v) is 4.06. The molecule has 0 bridgehead atoms. The number of alkyl halides is 6. The molecule has 0 atom stereocenters. The van der Waals surface area contributed by atoms with Gasteiger partial charge in [0.05, 0.1) is 6.42 Å². The Morgan fingerprint density at radius 3 is 2.07 bits per heavy atom. The van der Waals surface area contributed by atoms with Gasteiger partial charge in [-0.1, -0.05) is 12.1 Å². The molecule has 1 aliphatic carbocycles. The molecule has 1 aliphatic rings. The van der Waals surface area contributed by atoms with Crippen molar-refractivity contribution in [3.8, 4) is 11.5 Å². The van der Waals surface area contributed by atoms with Crippen LogP contribution in [0, 0.1) is 0 Å². The number of hydrogen-bond acceptors (Lipinski definition) is 3. The van der Waals surface area contributed by atoms with Crippen molar-refractivity contribution in [3.63, 3.8) is 0 Å². The van der Waals surface area contributed by atoms with E-state index in [0.29, 0.717) is 12.8 Å². The van der Waals surface area contributed by atoms with Gasteiger partial charge in [-0.3, -0.25) is 4.79 Å². The summed E-state index contributed by atoms with van der Waals surface area (Å²) in [5.41, 5.74) is 0. The van der Waals surface area contributed by atoms with Crippen molar-refractivity contribution in [1.82, 2.24) is 4.90 Å². The first-order valence-corrected chi connectivity index (χ1v) is 8.33. The number of benzene rings is 1. The van der Waals surface area contributed by atoms with Crippen LogP contribution in [0.4, 0.5) is 26.3 Å². The maximum atomic E-state index is 12.5. The number of amides is 1. The number of ether oxygens (including phenoxy) is 2. The third-order valence-electron chi connectivity index (χ3n) is 4.06. The fraction of sp³-hybridized carbons (Fsp3) is 0.588. The Bertz CT molecular complexity index is 628. The lowest BCUT2D eigenvalue weighted by Crippen LogP contribution is -2.47. The topological polar surface area (TPSA) is 38.8 Å². The lowest BCUT2D eigenvalue weighted by Gasteiger charge is -2.37. The van der Waals surface area contributed by atoms with Crippen molar-refractivity contribution in [2.24, 2.45) is 0 Å². The van der Waals surface area contributed by atoms with Gasteiger partial charge in [0.1, 0.15) is 0 Å². The maximum Gasteiger partial charge on any atom is 0.422 e. The minimum atomic E-state index is -4.54. The zero-order chi connectivity index (χ0) is 20.1. The fourth-order valence-electron chi connectivity index (χ4n) is 2.53. The molecule has 27 heavy (non-hydrogen) atoms. The smallest absolute Gasteiger partial charge is 0.422 e. The summed E-state index contributed by atoms with van der Waals surface area (Å²) in [5, 5.41) is 0. The van der Waals surface area contributed by atoms with E-state index in [-0.39, 0.29) is 17.5 Å². The summed E-state index contributed by atoms with van der Waals surface area (Å²) >= 11 is 0. The van der Waals surface area contributed by atoms with Crippen LogP contribution in [-0.2, 0) is 4.79 Å². The summed E-state index contributed by atoms with van der Waals surface area (Å²) in [6, 6.07) is 5.22. The zero-order valence-corrected chi connectivity index (χ0v) is 14.3. The molecule has 10 heteroatoms. The monoisotopic (exact) mass is 399 g/mol. The van der Waals surface area contributed by atoms with Crippen molar-refractivity contribution >= 4 is 5.91 Å². The molecule has 0 radical (unpaired) electrons. The molecular formula is C17H19F6NO3. The van der Waals surface area contributed by atoms with Gasteiger partial charge in [0.2, 0.25) is 0 Å². The first-order chi connectivity index (χ1) is 12.6. The summed E-state index contributed by atoms with van der Waals surface area (Å²) in [5.74, 6) is -0.929. The van der Waals surface area contributed by atoms with Crippen LogP contribution in [-0.4, -0.2) is 49.0 Å². The number of nitrogens with zero attached hydrogens (tertiary/aromatic N) is 1. The van der Waals surface area contributed by atoms with E-state index >= 15 is 0 Å². The molecule has 0 spiro atoms. The largest absolute Gasteiger partial charge is 0.480 e. The van der Waals surface area contributed by atoms with Crippen LogP contribution in [0.1, 0.15) is 25.7 Å². The Hall–Kier alpha value is -2.13. The first-order valence-electron chi connectivity index (χ1n) is 8.33. The number of para-hydroxylation sites is 2. The second kappa shape index (κ2) is 8.71. The molecule has 1 aromatic carbocycles. The number of hydrogen-bond donors (Lipinski definition) is 0. The summed E-state index contributed by atoms with van der Waals surface area (Å²) < 4.78 is 84.2. The van der Waals surface area contributed by atoms with Gasteiger partial charge in [-0.2, -0.15) is 26.3 Å². The summed E-state index contributed by atoms with van der Waals surface area (Å²) in [6.45, 7) is -2.58. The van der Waals surface area contributed by atoms with E-state index in [2.05, 4.69) is 4.74 Å². The highest BCUT2D eigenvalue weighted by Gasteiger charge is 2.34. The van der Waals surface area contributed by atoms with Crippen LogP contribution < -0.4 is 9.47 Å². The minimum Gasteiger partial charge on any atom is -0.480 e. The predicted molar refractivity (Wildman–Crippen MR) is 83.5 cm³/mol. The zero-order valence-electron chi connectivity index (χ0n) is 14.3. The molecule has 0 saturated heterocycles. The number of halogens is 6. The molecule has 0 aliphatic heterocycles. The second-order valence-electron chi connectivity index (χ2n) is 6.18. The van der Waals surface area contributed by atoms with E-state index in [4.69, 9.17) is 4.74 Å². The Morgan fingerprint density at radius 1 is 1.00 bits per heavy atom. The molecule has 0 N–H and O–H groups in total. The van der Waals surface area contributed by atoms with Crippen LogP contribution >= 0.6 is 0 Å². The van der Waals surface area contributed by atoms with E-state index in [0.717, 1.165) is 11.3 Å². The van der Waals surface area contributed by atoms with Gasteiger partial charge >= 0.3 is 12.4 Å². The molecule has 0 heterocycles. The van der Waals surface area contributed by atoms with Gasteiger partial charge in [-0.05, 0) is 31.4 Å². The summed E-state index contributed by atoms with van der Waals surface area (Å²) in [4.78, 5) is 13.4. The van der Waals surface area contributed by atoms with Crippen molar-refractivity contribution in [2.75, 3.05) is 19.8 Å². The Labute approximate surface area is 152 Å². The predicted octanol–water partition coefficient (Wildman–Crippen LogP) is 4.34. The highest BCUT2D eigenvalue weighted by molar-refractivity contribution is 5.78. The molecule has 4 nitrogen and oxygen atoms in total. The third kappa shape index (κ3) is 7.18. The Balaban J connectivity index is 1.96.